The summed E-state index contributed by atoms with van der Waals surface area (Å²) < 4.78 is 6.08. The molecule has 2 heterocycles. The summed E-state index contributed by atoms with van der Waals surface area (Å²) in [6, 6.07) is 3.06. The predicted molar refractivity (Wildman–Crippen MR) is 67.6 cm³/mol. The molecule has 0 saturated heterocycles. The minimum atomic E-state index is -0.527. The van der Waals surface area contributed by atoms with Crippen LogP contribution < -0.4 is 4.74 Å². The van der Waals surface area contributed by atoms with Gasteiger partial charge in [0.1, 0.15) is 5.75 Å². The molecule has 0 radical (unpaired) electrons. The van der Waals surface area contributed by atoms with E-state index >= 15 is 0 Å². The number of pyridine rings is 2. The Bertz CT molecular complexity index is 604. The van der Waals surface area contributed by atoms with Crippen LogP contribution in [0.2, 0.25) is 0 Å². The predicted octanol–water partition coefficient (Wildman–Crippen LogP) is 3.25. The summed E-state index contributed by atoms with van der Waals surface area (Å²) in [5.74, 6) is 0.328. The van der Waals surface area contributed by atoms with Gasteiger partial charge in [-0.05, 0) is 34.5 Å². The van der Waals surface area contributed by atoms with Crippen molar-refractivity contribution in [1.82, 2.24) is 9.97 Å². The highest BCUT2D eigenvalue weighted by molar-refractivity contribution is 9.10. The standard InChI is InChI=1S/C11H8BrN3O3/c1-7-2-10(15(16)17)11(14-4-7)18-9-3-8(12)5-13-6-9/h2-6H,1H3. The van der Waals surface area contributed by atoms with Crippen LogP contribution in [0.3, 0.4) is 0 Å². The lowest BCUT2D eigenvalue weighted by Gasteiger charge is -2.05. The lowest BCUT2D eigenvalue weighted by atomic mass is 10.3. The molecule has 2 aromatic rings. The fourth-order valence-electron chi connectivity index (χ4n) is 1.31. The van der Waals surface area contributed by atoms with Gasteiger partial charge in [-0.25, -0.2) is 4.98 Å². The number of hydrogen-bond donors (Lipinski definition) is 0. The molecule has 0 atom stereocenters. The molecule has 18 heavy (non-hydrogen) atoms. The number of nitro groups is 1. The topological polar surface area (TPSA) is 78.2 Å². The van der Waals surface area contributed by atoms with Gasteiger partial charge in [0.25, 0.3) is 5.88 Å². The second kappa shape index (κ2) is 5.09. The zero-order valence-electron chi connectivity index (χ0n) is 9.33. The number of ether oxygens (including phenoxy) is 1. The molecule has 0 aliphatic carbocycles. The summed E-state index contributed by atoms with van der Waals surface area (Å²) in [6.45, 7) is 1.73. The van der Waals surface area contributed by atoms with Crippen LogP contribution in [0.4, 0.5) is 5.69 Å². The van der Waals surface area contributed by atoms with Crippen LogP contribution in [-0.2, 0) is 0 Å². The first-order valence-corrected chi connectivity index (χ1v) is 5.75. The van der Waals surface area contributed by atoms with E-state index in [0.29, 0.717) is 11.3 Å². The summed E-state index contributed by atoms with van der Waals surface area (Å²) >= 11 is 3.24. The van der Waals surface area contributed by atoms with Crippen LogP contribution in [0.15, 0.2) is 35.2 Å². The maximum Gasteiger partial charge on any atom is 0.331 e. The van der Waals surface area contributed by atoms with Gasteiger partial charge in [0.05, 0.1) is 11.1 Å². The van der Waals surface area contributed by atoms with Crippen molar-refractivity contribution in [2.45, 2.75) is 6.92 Å². The Morgan fingerprint density at radius 1 is 1.33 bits per heavy atom. The van der Waals surface area contributed by atoms with E-state index in [1.807, 2.05) is 0 Å². The summed E-state index contributed by atoms with van der Waals surface area (Å²) in [5, 5.41) is 10.9. The molecule has 0 aromatic carbocycles. The van der Waals surface area contributed by atoms with Crippen molar-refractivity contribution >= 4 is 21.6 Å². The van der Waals surface area contributed by atoms with Crippen molar-refractivity contribution < 1.29 is 9.66 Å². The largest absolute Gasteiger partial charge is 0.432 e. The first-order valence-electron chi connectivity index (χ1n) is 4.95. The number of rotatable bonds is 3. The van der Waals surface area contributed by atoms with E-state index in [9.17, 15) is 10.1 Å². The molecule has 7 heteroatoms. The van der Waals surface area contributed by atoms with Crippen molar-refractivity contribution in [1.29, 1.82) is 0 Å². The molecule has 0 fully saturated rings. The van der Waals surface area contributed by atoms with E-state index in [2.05, 4.69) is 25.9 Å². The molecule has 0 spiro atoms. The summed E-state index contributed by atoms with van der Waals surface area (Å²) in [6.07, 6.45) is 4.55. The molecule has 0 amide bonds. The molecule has 0 unspecified atom stereocenters. The zero-order chi connectivity index (χ0) is 13.1. The monoisotopic (exact) mass is 309 g/mol. The van der Waals surface area contributed by atoms with Crippen molar-refractivity contribution in [2.75, 3.05) is 0 Å². The van der Waals surface area contributed by atoms with E-state index < -0.39 is 4.92 Å². The van der Waals surface area contributed by atoms with Gasteiger partial charge in [0.2, 0.25) is 0 Å². The molecular weight excluding hydrogens is 302 g/mol. The lowest BCUT2D eigenvalue weighted by molar-refractivity contribution is -0.386. The van der Waals surface area contributed by atoms with Crippen LogP contribution in [0.25, 0.3) is 0 Å². The highest BCUT2D eigenvalue weighted by atomic mass is 79.9. The number of aryl methyl sites for hydroxylation is 1. The molecule has 6 nitrogen and oxygen atoms in total. The third-order valence-electron chi connectivity index (χ3n) is 2.06. The number of hydrogen-bond acceptors (Lipinski definition) is 5. The maximum atomic E-state index is 10.9. The van der Waals surface area contributed by atoms with Crippen LogP contribution in [-0.4, -0.2) is 14.9 Å². The van der Waals surface area contributed by atoms with E-state index in [0.717, 1.165) is 4.47 Å². The molecule has 0 aliphatic rings. The minimum Gasteiger partial charge on any atom is -0.432 e. The van der Waals surface area contributed by atoms with Crippen molar-refractivity contribution in [3.63, 3.8) is 0 Å². The minimum absolute atomic E-state index is 0.0505. The van der Waals surface area contributed by atoms with Crippen LogP contribution in [0, 0.1) is 17.0 Å². The van der Waals surface area contributed by atoms with Crippen LogP contribution in [0.1, 0.15) is 5.56 Å². The lowest BCUT2D eigenvalue weighted by Crippen LogP contribution is -1.97. The van der Waals surface area contributed by atoms with E-state index in [1.165, 1.54) is 18.5 Å². The Balaban J connectivity index is 2.37. The molecule has 92 valence electrons. The first kappa shape index (κ1) is 12.4. The molecule has 0 bridgehead atoms. The summed E-state index contributed by atoms with van der Waals surface area (Å²) in [5.41, 5.74) is 0.524. The van der Waals surface area contributed by atoms with Crippen molar-refractivity contribution in [3.8, 4) is 11.6 Å². The van der Waals surface area contributed by atoms with Gasteiger partial charge in [-0.15, -0.1) is 0 Å². The van der Waals surface area contributed by atoms with Crippen molar-refractivity contribution in [2.24, 2.45) is 0 Å². The Morgan fingerprint density at radius 2 is 2.11 bits per heavy atom. The average Bonchev–Trinajstić information content (AvgIpc) is 2.31. The fraction of sp³-hybridized carbons (Fsp3) is 0.0909. The maximum absolute atomic E-state index is 10.9. The molecule has 0 N–H and O–H groups in total. The van der Waals surface area contributed by atoms with Crippen molar-refractivity contribution in [3.05, 3.63) is 50.9 Å². The van der Waals surface area contributed by atoms with Gasteiger partial charge < -0.3 is 4.74 Å². The molecular formula is C11H8BrN3O3. The zero-order valence-corrected chi connectivity index (χ0v) is 10.9. The number of aromatic nitrogens is 2. The molecule has 2 aromatic heterocycles. The highest BCUT2D eigenvalue weighted by Gasteiger charge is 2.17. The normalized spacial score (nSPS) is 10.1. The number of halogens is 1. The molecule has 0 aliphatic heterocycles. The van der Waals surface area contributed by atoms with Crippen LogP contribution in [0.5, 0.6) is 11.6 Å². The highest BCUT2D eigenvalue weighted by Crippen LogP contribution is 2.30. The van der Waals surface area contributed by atoms with Gasteiger partial charge in [-0.3, -0.25) is 15.1 Å². The Hall–Kier alpha value is -2.02. The Labute approximate surface area is 111 Å². The molecule has 0 saturated carbocycles. The van der Waals surface area contributed by atoms with Gasteiger partial charge in [-0.1, -0.05) is 0 Å². The van der Waals surface area contributed by atoms with E-state index in [1.54, 1.807) is 19.2 Å². The average molecular weight is 310 g/mol. The van der Waals surface area contributed by atoms with Gasteiger partial charge in [-0.2, -0.15) is 0 Å². The van der Waals surface area contributed by atoms with Gasteiger partial charge in [0.15, 0.2) is 0 Å². The van der Waals surface area contributed by atoms with Crippen LogP contribution >= 0.6 is 15.9 Å². The van der Waals surface area contributed by atoms with E-state index in [4.69, 9.17) is 4.74 Å². The Kier molecular flexibility index (Phi) is 3.52. The van der Waals surface area contributed by atoms with Gasteiger partial charge >= 0.3 is 5.69 Å². The molecule has 2 rings (SSSR count). The second-order valence-electron chi connectivity index (χ2n) is 3.53. The fourth-order valence-corrected chi connectivity index (χ4v) is 1.65. The smallest absolute Gasteiger partial charge is 0.331 e. The summed E-state index contributed by atoms with van der Waals surface area (Å²) in [4.78, 5) is 18.2. The third-order valence-corrected chi connectivity index (χ3v) is 2.49. The third kappa shape index (κ3) is 2.80. The second-order valence-corrected chi connectivity index (χ2v) is 4.45. The SMILES string of the molecule is Cc1cnc(Oc2cncc(Br)c2)c([N+](=O)[O-])c1. The number of nitrogens with zero attached hydrogens (tertiary/aromatic N) is 3. The first-order chi connectivity index (χ1) is 8.56. The van der Waals surface area contributed by atoms with E-state index in [-0.39, 0.29) is 11.6 Å². The summed E-state index contributed by atoms with van der Waals surface area (Å²) in [7, 11) is 0. The van der Waals surface area contributed by atoms with Gasteiger partial charge in [0, 0.05) is 22.9 Å². The quantitative estimate of drug-likeness (QED) is 0.642. The Morgan fingerprint density at radius 3 is 2.78 bits per heavy atom.